The second kappa shape index (κ2) is 4.17. The molecule has 2 nitrogen and oxygen atoms in total. The lowest BCUT2D eigenvalue weighted by molar-refractivity contribution is 0.549. The second-order valence-corrected chi connectivity index (χ2v) is 4.07. The Morgan fingerprint density at radius 1 is 1.50 bits per heavy atom. The predicted molar refractivity (Wildman–Crippen MR) is 61.1 cm³/mol. The van der Waals surface area contributed by atoms with Crippen LogP contribution in [0.3, 0.4) is 0 Å². The number of hydrogen-bond acceptors (Lipinski definition) is 2. The highest BCUT2D eigenvalue weighted by Gasteiger charge is 2.09. The quantitative estimate of drug-likeness (QED) is 0.710. The fraction of sp³-hybridized carbons (Fsp3) is 0.333. The van der Waals surface area contributed by atoms with Gasteiger partial charge in [0.25, 0.3) is 0 Å². The van der Waals surface area contributed by atoms with Crippen molar-refractivity contribution in [1.82, 2.24) is 0 Å². The molecule has 0 bridgehead atoms. The topological polar surface area (TPSA) is 38.0 Å². The molecule has 2 heteroatoms. The molecule has 0 radical (unpaired) electrons. The molecule has 14 heavy (non-hydrogen) atoms. The highest BCUT2D eigenvalue weighted by molar-refractivity contribution is 5.50. The lowest BCUT2D eigenvalue weighted by Crippen LogP contribution is -2.39. The SMILES string of the molecule is C#Cc1cccc(NCC(C)(C)N)c1. The van der Waals surface area contributed by atoms with Gasteiger partial charge in [0.15, 0.2) is 0 Å². The largest absolute Gasteiger partial charge is 0.383 e. The molecule has 0 saturated heterocycles. The molecule has 0 heterocycles. The van der Waals surface area contributed by atoms with E-state index in [-0.39, 0.29) is 5.54 Å². The van der Waals surface area contributed by atoms with Crippen LogP contribution in [0.1, 0.15) is 19.4 Å². The van der Waals surface area contributed by atoms with E-state index in [0.717, 1.165) is 17.8 Å². The van der Waals surface area contributed by atoms with Gasteiger partial charge in [0.2, 0.25) is 0 Å². The molecule has 1 aromatic rings. The lowest BCUT2D eigenvalue weighted by atomic mass is 10.1. The van der Waals surface area contributed by atoms with Gasteiger partial charge < -0.3 is 11.1 Å². The van der Waals surface area contributed by atoms with Crippen molar-refractivity contribution >= 4 is 5.69 Å². The maximum atomic E-state index is 5.85. The minimum absolute atomic E-state index is 0.216. The van der Waals surface area contributed by atoms with Gasteiger partial charge in [0.05, 0.1) is 0 Å². The van der Waals surface area contributed by atoms with Crippen molar-refractivity contribution < 1.29 is 0 Å². The van der Waals surface area contributed by atoms with Crippen LogP contribution < -0.4 is 11.1 Å². The minimum atomic E-state index is -0.216. The Labute approximate surface area is 85.5 Å². The molecule has 0 aliphatic rings. The molecule has 0 atom stereocenters. The van der Waals surface area contributed by atoms with Gasteiger partial charge in [-0.25, -0.2) is 0 Å². The highest BCUT2D eigenvalue weighted by Crippen LogP contribution is 2.10. The van der Waals surface area contributed by atoms with Crippen molar-refractivity contribution in [1.29, 1.82) is 0 Å². The maximum absolute atomic E-state index is 5.85. The molecule has 0 spiro atoms. The molecule has 3 N–H and O–H groups in total. The van der Waals surface area contributed by atoms with Crippen LogP contribution in [0, 0.1) is 12.3 Å². The molecule has 0 aliphatic heterocycles. The average molecular weight is 188 g/mol. The number of hydrogen-bond donors (Lipinski definition) is 2. The summed E-state index contributed by atoms with van der Waals surface area (Å²) in [6.45, 7) is 4.68. The molecule has 74 valence electrons. The van der Waals surface area contributed by atoms with Crippen LogP contribution >= 0.6 is 0 Å². The van der Waals surface area contributed by atoms with E-state index >= 15 is 0 Å². The van der Waals surface area contributed by atoms with E-state index in [1.807, 2.05) is 38.1 Å². The smallest absolute Gasteiger partial charge is 0.0353 e. The zero-order valence-corrected chi connectivity index (χ0v) is 8.67. The van der Waals surface area contributed by atoms with Crippen LogP contribution in [0.2, 0.25) is 0 Å². The Balaban J connectivity index is 2.65. The van der Waals surface area contributed by atoms with E-state index in [9.17, 15) is 0 Å². The van der Waals surface area contributed by atoms with Crippen LogP contribution in [0.4, 0.5) is 5.69 Å². The van der Waals surface area contributed by atoms with Gasteiger partial charge in [-0.15, -0.1) is 6.42 Å². The van der Waals surface area contributed by atoms with E-state index in [4.69, 9.17) is 12.2 Å². The number of benzene rings is 1. The third-order valence-electron chi connectivity index (χ3n) is 1.78. The summed E-state index contributed by atoms with van der Waals surface area (Å²) in [7, 11) is 0. The van der Waals surface area contributed by atoms with Crippen molar-refractivity contribution in [2.45, 2.75) is 19.4 Å². The summed E-state index contributed by atoms with van der Waals surface area (Å²) < 4.78 is 0. The van der Waals surface area contributed by atoms with E-state index in [2.05, 4.69) is 11.2 Å². The van der Waals surface area contributed by atoms with Crippen LogP contribution in [-0.2, 0) is 0 Å². The molecule has 0 aliphatic carbocycles. The first-order valence-corrected chi connectivity index (χ1v) is 4.61. The third-order valence-corrected chi connectivity index (χ3v) is 1.78. The zero-order chi connectivity index (χ0) is 10.6. The van der Waals surface area contributed by atoms with Gasteiger partial charge in [-0.2, -0.15) is 0 Å². The first-order valence-electron chi connectivity index (χ1n) is 4.61. The van der Waals surface area contributed by atoms with Crippen LogP contribution in [0.5, 0.6) is 0 Å². The minimum Gasteiger partial charge on any atom is -0.383 e. The molecule has 0 amide bonds. The van der Waals surface area contributed by atoms with Gasteiger partial charge in [-0.1, -0.05) is 12.0 Å². The third kappa shape index (κ3) is 3.51. The van der Waals surface area contributed by atoms with Crippen LogP contribution in [0.15, 0.2) is 24.3 Å². The van der Waals surface area contributed by atoms with Crippen LogP contribution in [0.25, 0.3) is 0 Å². The number of anilines is 1. The first kappa shape index (κ1) is 10.6. The number of nitrogens with two attached hydrogens (primary N) is 1. The Kier molecular flexibility index (Phi) is 3.16. The summed E-state index contributed by atoms with van der Waals surface area (Å²) >= 11 is 0. The predicted octanol–water partition coefficient (Wildman–Crippen LogP) is 1.82. The maximum Gasteiger partial charge on any atom is 0.0353 e. The Morgan fingerprint density at radius 2 is 2.21 bits per heavy atom. The van der Waals surface area contributed by atoms with Gasteiger partial charge in [-0.05, 0) is 32.0 Å². The van der Waals surface area contributed by atoms with Crippen molar-refractivity contribution in [2.24, 2.45) is 5.73 Å². The molecular weight excluding hydrogens is 172 g/mol. The van der Waals surface area contributed by atoms with Crippen molar-refractivity contribution in [3.05, 3.63) is 29.8 Å². The first-order chi connectivity index (χ1) is 6.51. The fourth-order valence-corrected chi connectivity index (χ4v) is 1.05. The Morgan fingerprint density at radius 3 is 2.79 bits per heavy atom. The monoisotopic (exact) mass is 188 g/mol. The van der Waals surface area contributed by atoms with Gasteiger partial charge in [-0.3, -0.25) is 0 Å². The molecule has 1 aromatic carbocycles. The Bertz CT molecular complexity index is 342. The van der Waals surface area contributed by atoms with Gasteiger partial charge in [0.1, 0.15) is 0 Å². The molecular formula is C12H16N2. The van der Waals surface area contributed by atoms with Crippen LogP contribution in [-0.4, -0.2) is 12.1 Å². The van der Waals surface area contributed by atoms with Gasteiger partial charge in [0, 0.05) is 23.3 Å². The van der Waals surface area contributed by atoms with Crippen molar-refractivity contribution in [2.75, 3.05) is 11.9 Å². The molecule has 0 aromatic heterocycles. The fourth-order valence-electron chi connectivity index (χ4n) is 1.05. The summed E-state index contributed by atoms with van der Waals surface area (Å²) in [5.74, 6) is 2.59. The van der Waals surface area contributed by atoms with Crippen molar-refractivity contribution in [3.63, 3.8) is 0 Å². The van der Waals surface area contributed by atoms with E-state index < -0.39 is 0 Å². The van der Waals surface area contributed by atoms with Gasteiger partial charge >= 0.3 is 0 Å². The molecule has 0 unspecified atom stereocenters. The molecule has 1 rings (SSSR count). The van der Waals surface area contributed by atoms with Crippen molar-refractivity contribution in [3.8, 4) is 12.3 Å². The normalized spacial score (nSPS) is 10.7. The summed E-state index contributed by atoms with van der Waals surface area (Å²) in [4.78, 5) is 0. The molecule has 0 saturated carbocycles. The lowest BCUT2D eigenvalue weighted by Gasteiger charge is -2.19. The summed E-state index contributed by atoms with van der Waals surface area (Å²) in [6.07, 6.45) is 5.30. The summed E-state index contributed by atoms with van der Waals surface area (Å²) in [6, 6.07) is 7.75. The summed E-state index contributed by atoms with van der Waals surface area (Å²) in [5, 5.41) is 3.24. The van der Waals surface area contributed by atoms with E-state index in [1.165, 1.54) is 0 Å². The highest BCUT2D eigenvalue weighted by atomic mass is 14.9. The number of rotatable bonds is 3. The second-order valence-electron chi connectivity index (χ2n) is 4.07. The number of terminal acetylenes is 1. The zero-order valence-electron chi connectivity index (χ0n) is 8.67. The van der Waals surface area contributed by atoms with E-state index in [0.29, 0.717) is 0 Å². The Hall–Kier alpha value is -1.46. The average Bonchev–Trinajstić information content (AvgIpc) is 2.14. The number of nitrogens with one attached hydrogen (secondary N) is 1. The summed E-state index contributed by atoms with van der Waals surface area (Å²) in [5.41, 5.74) is 7.53. The standard InChI is InChI=1S/C12H16N2/c1-4-10-6-5-7-11(8-10)14-9-12(2,3)13/h1,5-8,14H,9,13H2,2-3H3. The molecule has 0 fully saturated rings. The van der Waals surface area contributed by atoms with E-state index in [1.54, 1.807) is 0 Å².